The van der Waals surface area contributed by atoms with E-state index in [1.54, 1.807) is 23.1 Å². The smallest absolute Gasteiger partial charge is 0.347 e. The summed E-state index contributed by atoms with van der Waals surface area (Å²) in [6, 6.07) is 10.2. The number of carbonyl (C=O) groups is 2. The fraction of sp³-hybridized carbons (Fsp3) is 0.261. The number of amides is 1. The summed E-state index contributed by atoms with van der Waals surface area (Å²) in [5.74, 6) is 4.99. The number of piperazine rings is 1. The molecule has 34 heavy (non-hydrogen) atoms. The van der Waals surface area contributed by atoms with Crippen molar-refractivity contribution >= 4 is 51.7 Å². The van der Waals surface area contributed by atoms with Crippen molar-refractivity contribution in [3.63, 3.8) is 0 Å². The Bertz CT molecular complexity index is 1350. The molecule has 1 aliphatic rings. The monoisotopic (exact) mass is 503 g/mol. The number of ether oxygens (including phenoxy) is 1. The molecule has 1 amide bonds. The van der Waals surface area contributed by atoms with Gasteiger partial charge in [0.1, 0.15) is 6.73 Å². The van der Waals surface area contributed by atoms with E-state index in [1.807, 2.05) is 24.0 Å². The van der Waals surface area contributed by atoms with Gasteiger partial charge in [-0.3, -0.25) is 15.3 Å². The van der Waals surface area contributed by atoms with Gasteiger partial charge in [0.15, 0.2) is 5.56 Å². The summed E-state index contributed by atoms with van der Waals surface area (Å²) in [7, 11) is 0. The van der Waals surface area contributed by atoms with Gasteiger partial charge < -0.3 is 20.4 Å². The van der Waals surface area contributed by atoms with Crippen molar-refractivity contribution in [1.82, 2.24) is 9.58 Å². The van der Waals surface area contributed by atoms with E-state index in [0.29, 0.717) is 58.4 Å². The molecular weight excluding hydrogens is 481 g/mol. The normalized spacial score (nSPS) is 13.9. The number of benzene rings is 2. The first-order valence-electron chi connectivity index (χ1n) is 10.5. The molecule has 178 valence electrons. The molecule has 0 aliphatic carbocycles. The van der Waals surface area contributed by atoms with Crippen LogP contribution in [-0.2, 0) is 4.74 Å². The largest absolute Gasteiger partial charge is 0.446 e. The fourth-order valence-electron chi connectivity index (χ4n) is 4.12. The maximum absolute atomic E-state index is 13.0. The Labute approximate surface area is 205 Å². The second kappa shape index (κ2) is 9.54. The van der Waals surface area contributed by atoms with Crippen molar-refractivity contribution in [3.05, 3.63) is 73.5 Å². The molecule has 4 rings (SSSR count). The number of esters is 1. The highest BCUT2D eigenvalue weighted by molar-refractivity contribution is 6.42. The fourth-order valence-corrected chi connectivity index (χ4v) is 4.42. The lowest BCUT2D eigenvalue weighted by molar-refractivity contribution is 0.0512. The molecule has 9 nitrogen and oxygen atoms in total. The summed E-state index contributed by atoms with van der Waals surface area (Å²) < 4.78 is 5.91. The van der Waals surface area contributed by atoms with Gasteiger partial charge in [0.25, 0.3) is 11.5 Å². The van der Waals surface area contributed by atoms with E-state index < -0.39 is 11.5 Å². The van der Waals surface area contributed by atoms with E-state index in [2.05, 4.69) is 0 Å². The predicted octanol–water partition coefficient (Wildman–Crippen LogP) is 2.37. The first-order chi connectivity index (χ1) is 16.2. The molecule has 3 aromatic rings. The number of nitrogens with zero attached hydrogens (tertiary/aromatic N) is 3. The van der Waals surface area contributed by atoms with Gasteiger partial charge in [-0.15, -0.1) is 0 Å². The summed E-state index contributed by atoms with van der Waals surface area (Å²) in [5, 5.41) is 1.31. The molecule has 0 bridgehead atoms. The number of fused-ring (bicyclic) bond motifs is 1. The molecule has 0 saturated carbocycles. The Morgan fingerprint density at radius 2 is 1.74 bits per heavy atom. The third-order valence-corrected chi connectivity index (χ3v) is 6.54. The lowest BCUT2D eigenvalue weighted by Crippen LogP contribution is -2.50. The quantitative estimate of drug-likeness (QED) is 0.318. The molecule has 1 fully saturated rings. The minimum atomic E-state index is -0.848. The standard InChI is InChI=1S/C23H23Cl2N5O4/c1-13-2-5-18-15(10-13)20(19(22(32)30(18)27)23(33)34-12-26)28-6-8-29(9-7-28)21(31)14-3-4-16(24)17(25)11-14/h2-5,10-11H,6-9,12,26-27H2,1H3. The number of rotatable bonds is 4. The van der Waals surface area contributed by atoms with Gasteiger partial charge in [-0.05, 0) is 37.3 Å². The van der Waals surface area contributed by atoms with Crippen molar-refractivity contribution in [2.75, 3.05) is 43.7 Å². The summed E-state index contributed by atoms with van der Waals surface area (Å²) in [6.45, 7) is 3.02. The zero-order valence-corrected chi connectivity index (χ0v) is 19.9. The van der Waals surface area contributed by atoms with E-state index in [0.717, 1.165) is 10.2 Å². The number of hydrogen-bond acceptors (Lipinski definition) is 7. The van der Waals surface area contributed by atoms with Crippen molar-refractivity contribution < 1.29 is 14.3 Å². The van der Waals surface area contributed by atoms with Crippen LogP contribution in [-0.4, -0.2) is 54.4 Å². The van der Waals surface area contributed by atoms with Crippen LogP contribution in [0.2, 0.25) is 10.0 Å². The Morgan fingerprint density at radius 3 is 2.38 bits per heavy atom. The van der Waals surface area contributed by atoms with Gasteiger partial charge in [0.2, 0.25) is 0 Å². The number of pyridine rings is 1. The first-order valence-corrected chi connectivity index (χ1v) is 11.3. The zero-order chi connectivity index (χ0) is 24.6. The molecule has 1 aliphatic heterocycles. The molecule has 0 spiro atoms. The van der Waals surface area contributed by atoms with Gasteiger partial charge in [-0.2, -0.15) is 0 Å². The van der Waals surface area contributed by atoms with E-state index >= 15 is 0 Å². The minimum absolute atomic E-state index is 0.181. The predicted molar refractivity (Wildman–Crippen MR) is 132 cm³/mol. The molecule has 11 heteroatoms. The van der Waals surface area contributed by atoms with E-state index in [-0.39, 0.29) is 18.2 Å². The third kappa shape index (κ3) is 4.29. The SMILES string of the molecule is Cc1ccc2c(c1)c(N1CCN(C(=O)c3ccc(Cl)c(Cl)c3)CC1)c(C(=O)OCN)c(=O)n2N. The molecule has 1 saturated heterocycles. The first kappa shape index (κ1) is 23.9. The van der Waals surface area contributed by atoms with Crippen molar-refractivity contribution in [3.8, 4) is 0 Å². The second-order valence-corrected chi connectivity index (χ2v) is 8.74. The van der Waals surface area contributed by atoms with Crippen molar-refractivity contribution in [2.24, 2.45) is 5.73 Å². The van der Waals surface area contributed by atoms with Crippen molar-refractivity contribution in [2.45, 2.75) is 6.92 Å². The van der Waals surface area contributed by atoms with Crippen LogP contribution in [0.25, 0.3) is 10.9 Å². The van der Waals surface area contributed by atoms with Crippen LogP contribution in [0.15, 0.2) is 41.2 Å². The second-order valence-electron chi connectivity index (χ2n) is 7.93. The number of aryl methyl sites for hydroxylation is 1. The number of nitrogen functional groups attached to an aromatic ring is 1. The molecule has 2 heterocycles. The number of carbonyl (C=O) groups excluding carboxylic acids is 2. The summed E-state index contributed by atoms with van der Waals surface area (Å²) >= 11 is 12.0. The molecule has 2 aromatic carbocycles. The number of anilines is 1. The summed E-state index contributed by atoms with van der Waals surface area (Å²) in [6.07, 6.45) is 0. The van der Waals surface area contributed by atoms with Crippen LogP contribution in [0.3, 0.4) is 0 Å². The Kier molecular flexibility index (Phi) is 6.70. The highest BCUT2D eigenvalue weighted by Crippen LogP contribution is 2.31. The molecule has 0 unspecified atom stereocenters. The van der Waals surface area contributed by atoms with Crippen molar-refractivity contribution in [1.29, 1.82) is 0 Å². The Morgan fingerprint density at radius 1 is 1.03 bits per heavy atom. The van der Waals surface area contributed by atoms with E-state index in [1.165, 1.54) is 6.07 Å². The van der Waals surface area contributed by atoms with E-state index in [9.17, 15) is 14.4 Å². The molecule has 0 radical (unpaired) electrons. The average molecular weight is 504 g/mol. The molecule has 1 aromatic heterocycles. The minimum Gasteiger partial charge on any atom is -0.446 e. The lowest BCUT2D eigenvalue weighted by Gasteiger charge is -2.37. The number of halogens is 2. The summed E-state index contributed by atoms with van der Waals surface area (Å²) in [5.41, 5.74) is 6.78. The lowest BCUT2D eigenvalue weighted by atomic mass is 10.0. The zero-order valence-electron chi connectivity index (χ0n) is 18.4. The van der Waals surface area contributed by atoms with Crippen LogP contribution in [0.4, 0.5) is 5.69 Å². The Balaban J connectivity index is 1.71. The van der Waals surface area contributed by atoms with E-state index in [4.69, 9.17) is 39.5 Å². The average Bonchev–Trinajstić information content (AvgIpc) is 2.82. The van der Waals surface area contributed by atoms with Crippen LogP contribution in [0.5, 0.6) is 0 Å². The van der Waals surface area contributed by atoms with Crippen LogP contribution in [0.1, 0.15) is 26.3 Å². The van der Waals surface area contributed by atoms with Gasteiger partial charge in [0.05, 0.1) is 21.2 Å². The number of nitrogens with two attached hydrogens (primary N) is 2. The van der Waals surface area contributed by atoms with Crippen LogP contribution in [0, 0.1) is 6.92 Å². The van der Waals surface area contributed by atoms with Gasteiger partial charge in [-0.1, -0.05) is 34.8 Å². The van der Waals surface area contributed by atoms with Gasteiger partial charge in [0, 0.05) is 37.1 Å². The number of hydrogen-bond donors (Lipinski definition) is 2. The third-order valence-electron chi connectivity index (χ3n) is 5.80. The molecule has 4 N–H and O–H groups in total. The maximum Gasteiger partial charge on any atom is 0.347 e. The topological polar surface area (TPSA) is 124 Å². The molecule has 0 atom stereocenters. The summed E-state index contributed by atoms with van der Waals surface area (Å²) in [4.78, 5) is 42.3. The molecular formula is C23H23Cl2N5O4. The van der Waals surface area contributed by atoms with Crippen LogP contribution < -0.4 is 22.0 Å². The highest BCUT2D eigenvalue weighted by Gasteiger charge is 2.30. The number of aromatic nitrogens is 1. The van der Waals surface area contributed by atoms with Gasteiger partial charge >= 0.3 is 5.97 Å². The van der Waals surface area contributed by atoms with Gasteiger partial charge in [-0.25, -0.2) is 9.47 Å². The Hall–Kier alpha value is -3.27. The highest BCUT2D eigenvalue weighted by atomic mass is 35.5. The maximum atomic E-state index is 13.0. The van der Waals surface area contributed by atoms with Crippen LogP contribution >= 0.6 is 23.2 Å².